The fourth-order valence-corrected chi connectivity index (χ4v) is 7.54. The first kappa shape index (κ1) is 24.8. The maximum atomic E-state index is 12.6. The maximum absolute atomic E-state index is 12.6. The first-order valence-corrected chi connectivity index (χ1v) is 13.8. The second kappa shape index (κ2) is 8.73. The van der Waals surface area contributed by atoms with Crippen molar-refractivity contribution in [2.45, 2.75) is 69.1 Å². The van der Waals surface area contributed by atoms with Crippen molar-refractivity contribution >= 4 is 37.4 Å². The van der Waals surface area contributed by atoms with Crippen molar-refractivity contribution in [3.05, 3.63) is 60.2 Å². The van der Waals surface area contributed by atoms with Crippen LogP contribution in [0.5, 0.6) is 0 Å². The second-order valence-corrected chi connectivity index (χ2v) is 13.2. The van der Waals surface area contributed by atoms with E-state index in [9.17, 15) is 13.2 Å². The molecule has 182 valence electrons. The molecular formula is C26H31NO5S2. The van der Waals surface area contributed by atoms with Crippen LogP contribution in [0.1, 0.15) is 47.5 Å². The molecule has 1 aromatic heterocycles. The van der Waals surface area contributed by atoms with Crippen LogP contribution in [0.3, 0.4) is 0 Å². The number of thiazole rings is 1. The quantitative estimate of drug-likeness (QED) is 0.287. The molecule has 0 N–H and O–H groups in total. The minimum atomic E-state index is -3.47. The zero-order valence-corrected chi connectivity index (χ0v) is 21.8. The lowest BCUT2D eigenvalue weighted by Crippen LogP contribution is -2.47. The van der Waals surface area contributed by atoms with Crippen molar-refractivity contribution in [1.82, 2.24) is 4.98 Å². The number of ether oxygens (including phenoxy) is 2. The molecule has 1 aromatic carbocycles. The van der Waals surface area contributed by atoms with E-state index in [4.69, 9.17) is 9.47 Å². The summed E-state index contributed by atoms with van der Waals surface area (Å²) in [6.07, 6.45) is 10.7. The standard InChI is InChI=1S/C26H31NO5S2/c1-18(10-8-9-15-34(29,30)23-27-21-11-6-7-12-22(21)33-23)13-14-26-24(3,4)16-20(31-19(2)28)17-25(26,5)32-26/h6-14,20H,15-17H2,1-5H3/b9-8+,14-13+,18-10+/t20-,25+,26-/m0/s1. The zero-order valence-electron chi connectivity index (χ0n) is 20.2. The van der Waals surface area contributed by atoms with Crippen molar-refractivity contribution in [1.29, 1.82) is 0 Å². The van der Waals surface area contributed by atoms with Crippen LogP contribution in [0.2, 0.25) is 0 Å². The van der Waals surface area contributed by atoms with Crippen molar-refractivity contribution in [3.63, 3.8) is 0 Å². The number of carbonyl (C=O) groups is 1. The molecule has 0 radical (unpaired) electrons. The van der Waals surface area contributed by atoms with Crippen LogP contribution in [0.15, 0.2) is 64.6 Å². The Bertz CT molecular complexity index is 1270. The Hall–Kier alpha value is -2.29. The zero-order chi connectivity index (χ0) is 24.8. The number of rotatable bonds is 7. The van der Waals surface area contributed by atoms with Gasteiger partial charge in [0.2, 0.25) is 14.2 Å². The Morgan fingerprint density at radius 3 is 2.65 bits per heavy atom. The number of nitrogens with zero attached hydrogens (tertiary/aromatic N) is 1. The van der Waals surface area contributed by atoms with Gasteiger partial charge in [-0.25, -0.2) is 13.4 Å². The lowest BCUT2D eigenvalue weighted by atomic mass is 9.63. The average Bonchev–Trinajstić information content (AvgIpc) is 3.13. The Morgan fingerprint density at radius 1 is 1.24 bits per heavy atom. The Kier molecular flexibility index (Phi) is 6.38. The fraction of sp³-hybridized carbons (Fsp3) is 0.462. The number of hydrogen-bond donors (Lipinski definition) is 0. The predicted molar refractivity (Wildman–Crippen MR) is 134 cm³/mol. The largest absolute Gasteiger partial charge is 0.462 e. The lowest BCUT2D eigenvalue weighted by Gasteiger charge is -2.40. The molecule has 2 heterocycles. The van der Waals surface area contributed by atoms with Crippen LogP contribution in [0, 0.1) is 5.41 Å². The number of carbonyl (C=O) groups excluding carboxylic acids is 1. The SMILES string of the molecule is CC(=O)O[C@H]1CC(C)(C)[C@]2(/C=C/C(C)=C/C=C/CS(=O)(=O)c3nc4ccccc4s3)O[C@]2(C)C1. The van der Waals surface area contributed by atoms with Gasteiger partial charge in [-0.2, -0.15) is 0 Å². The number of fused-ring (bicyclic) bond motifs is 2. The summed E-state index contributed by atoms with van der Waals surface area (Å²) in [5, 5.41) is 0. The molecule has 1 saturated carbocycles. The van der Waals surface area contributed by atoms with Crippen LogP contribution >= 0.6 is 11.3 Å². The number of allylic oxidation sites excluding steroid dienone is 4. The smallest absolute Gasteiger partial charge is 0.302 e. The van der Waals surface area contributed by atoms with Gasteiger partial charge >= 0.3 is 5.97 Å². The van der Waals surface area contributed by atoms with E-state index in [1.54, 1.807) is 12.2 Å². The second-order valence-electron chi connectivity index (χ2n) is 9.99. The van der Waals surface area contributed by atoms with E-state index in [-0.39, 0.29) is 33.2 Å². The highest BCUT2D eigenvalue weighted by molar-refractivity contribution is 7.93. The van der Waals surface area contributed by atoms with Crippen LogP contribution < -0.4 is 0 Å². The number of para-hydroxylation sites is 1. The number of benzene rings is 1. The van der Waals surface area contributed by atoms with Gasteiger partial charge in [-0.3, -0.25) is 4.79 Å². The highest BCUT2D eigenvalue weighted by Gasteiger charge is 2.75. The third kappa shape index (κ3) is 4.63. The Labute approximate surface area is 205 Å². The highest BCUT2D eigenvalue weighted by Crippen LogP contribution is 2.66. The van der Waals surface area contributed by atoms with Crippen LogP contribution in [0.4, 0.5) is 0 Å². The molecule has 8 heteroatoms. The Balaban J connectivity index is 1.40. The molecule has 6 nitrogen and oxygen atoms in total. The van der Waals surface area contributed by atoms with E-state index >= 15 is 0 Å². The van der Waals surface area contributed by atoms with Crippen LogP contribution in [-0.2, 0) is 24.1 Å². The molecule has 2 aliphatic rings. The van der Waals surface area contributed by atoms with Crippen molar-refractivity contribution in [2.75, 3.05) is 5.75 Å². The first-order chi connectivity index (χ1) is 15.9. The van der Waals surface area contributed by atoms with E-state index in [1.807, 2.05) is 43.3 Å². The molecule has 34 heavy (non-hydrogen) atoms. The molecule has 2 fully saturated rings. The highest BCUT2D eigenvalue weighted by atomic mass is 32.2. The van der Waals surface area contributed by atoms with Gasteiger partial charge in [0.15, 0.2) is 0 Å². The number of epoxide rings is 1. The molecule has 4 rings (SSSR count). The van der Waals surface area contributed by atoms with Gasteiger partial charge in [0, 0.05) is 18.8 Å². The molecule has 0 amide bonds. The topological polar surface area (TPSA) is 85.9 Å². The number of sulfone groups is 1. The van der Waals surface area contributed by atoms with Crippen LogP contribution in [-0.4, -0.2) is 42.4 Å². The van der Waals surface area contributed by atoms with E-state index in [2.05, 4.69) is 31.8 Å². The van der Waals surface area contributed by atoms with Gasteiger partial charge in [0.1, 0.15) is 17.3 Å². The summed E-state index contributed by atoms with van der Waals surface area (Å²) in [6, 6.07) is 7.41. The lowest BCUT2D eigenvalue weighted by molar-refractivity contribution is -0.149. The summed E-state index contributed by atoms with van der Waals surface area (Å²) in [7, 11) is -3.47. The molecule has 0 spiro atoms. The summed E-state index contributed by atoms with van der Waals surface area (Å²) in [5.41, 5.74) is 0.712. The Morgan fingerprint density at radius 2 is 1.97 bits per heavy atom. The normalized spacial score (nSPS) is 29.0. The summed E-state index contributed by atoms with van der Waals surface area (Å²) in [4.78, 5) is 15.7. The maximum Gasteiger partial charge on any atom is 0.302 e. The molecule has 3 atom stereocenters. The summed E-state index contributed by atoms with van der Waals surface area (Å²) < 4.78 is 38.0. The van der Waals surface area contributed by atoms with Crippen LogP contribution in [0.25, 0.3) is 10.2 Å². The monoisotopic (exact) mass is 501 g/mol. The van der Waals surface area contributed by atoms with Crippen molar-refractivity contribution in [3.8, 4) is 0 Å². The number of hydrogen-bond acceptors (Lipinski definition) is 7. The molecule has 1 aliphatic heterocycles. The molecular weight excluding hydrogens is 470 g/mol. The van der Waals surface area contributed by atoms with Gasteiger partial charge in [0.25, 0.3) is 0 Å². The third-order valence-corrected chi connectivity index (χ3v) is 9.85. The predicted octanol–water partition coefficient (Wildman–Crippen LogP) is 5.41. The van der Waals surface area contributed by atoms with Crippen molar-refractivity contribution < 1.29 is 22.7 Å². The number of aromatic nitrogens is 1. The minimum absolute atomic E-state index is 0.101. The van der Waals surface area contributed by atoms with Gasteiger partial charge in [-0.1, -0.05) is 55.9 Å². The van der Waals surface area contributed by atoms with Gasteiger partial charge in [-0.15, -0.1) is 11.3 Å². The molecule has 2 aromatic rings. The van der Waals surface area contributed by atoms with Gasteiger partial charge in [-0.05, 0) is 38.5 Å². The third-order valence-electron chi connectivity index (χ3n) is 6.76. The fourth-order valence-electron chi connectivity index (χ4n) is 5.12. The van der Waals surface area contributed by atoms with Gasteiger partial charge in [0.05, 0.1) is 16.0 Å². The van der Waals surface area contributed by atoms with E-state index in [1.165, 1.54) is 18.3 Å². The van der Waals surface area contributed by atoms with E-state index in [0.717, 1.165) is 16.7 Å². The minimum Gasteiger partial charge on any atom is -0.462 e. The molecule has 1 saturated heterocycles. The number of esters is 1. The first-order valence-electron chi connectivity index (χ1n) is 11.4. The summed E-state index contributed by atoms with van der Waals surface area (Å²) in [6.45, 7) is 9.77. The van der Waals surface area contributed by atoms with Crippen molar-refractivity contribution in [2.24, 2.45) is 5.41 Å². The summed E-state index contributed by atoms with van der Waals surface area (Å²) in [5.74, 6) is -0.362. The molecule has 0 unspecified atom stereocenters. The van der Waals surface area contributed by atoms with E-state index in [0.29, 0.717) is 11.9 Å². The average molecular weight is 502 g/mol. The summed E-state index contributed by atoms with van der Waals surface area (Å²) >= 11 is 1.20. The van der Waals surface area contributed by atoms with Gasteiger partial charge < -0.3 is 9.47 Å². The molecule has 0 bridgehead atoms. The molecule has 1 aliphatic carbocycles. The van der Waals surface area contributed by atoms with E-state index < -0.39 is 15.4 Å².